The maximum absolute atomic E-state index is 12.3. The van der Waals surface area contributed by atoms with Crippen LogP contribution in [0.25, 0.3) is 0 Å². The van der Waals surface area contributed by atoms with Crippen molar-refractivity contribution in [2.45, 2.75) is 13.1 Å². The van der Waals surface area contributed by atoms with Crippen LogP contribution in [0.15, 0.2) is 60.9 Å². The first-order valence-electron chi connectivity index (χ1n) is 8.98. The lowest BCUT2D eigenvalue weighted by Gasteiger charge is -2.11. The second-order valence-corrected chi connectivity index (χ2v) is 6.79. The molecule has 0 aliphatic rings. The molecular formula is C21H19ClN4O4. The molecule has 30 heavy (non-hydrogen) atoms. The first-order chi connectivity index (χ1) is 14.4. The fourth-order valence-corrected chi connectivity index (χ4v) is 2.86. The third-order valence-electron chi connectivity index (χ3n) is 4.12. The number of aromatic nitrogens is 2. The van der Waals surface area contributed by atoms with Gasteiger partial charge >= 0.3 is 5.97 Å². The van der Waals surface area contributed by atoms with Crippen molar-refractivity contribution in [1.29, 1.82) is 0 Å². The van der Waals surface area contributed by atoms with Gasteiger partial charge in [0, 0.05) is 35.2 Å². The zero-order valence-corrected chi connectivity index (χ0v) is 16.8. The molecule has 8 nitrogen and oxygen atoms in total. The highest BCUT2D eigenvalue weighted by Crippen LogP contribution is 2.17. The minimum atomic E-state index is -0.552. The lowest BCUT2D eigenvalue weighted by molar-refractivity contribution is -0.116. The number of amides is 2. The Morgan fingerprint density at radius 1 is 1.10 bits per heavy atom. The van der Waals surface area contributed by atoms with Crippen molar-refractivity contribution < 1.29 is 19.1 Å². The summed E-state index contributed by atoms with van der Waals surface area (Å²) in [6.07, 6.45) is 3.24. The number of benzene rings is 2. The van der Waals surface area contributed by atoms with E-state index in [1.165, 1.54) is 17.9 Å². The molecular weight excluding hydrogens is 408 g/mol. The molecule has 1 heterocycles. The molecule has 0 unspecified atom stereocenters. The van der Waals surface area contributed by atoms with E-state index in [1.807, 2.05) is 0 Å². The van der Waals surface area contributed by atoms with Crippen molar-refractivity contribution in [3.63, 3.8) is 0 Å². The van der Waals surface area contributed by atoms with Gasteiger partial charge in [-0.15, -0.1) is 0 Å². The van der Waals surface area contributed by atoms with Crippen LogP contribution in [0.2, 0.25) is 5.02 Å². The third-order valence-corrected chi connectivity index (χ3v) is 4.37. The number of methoxy groups -OCH3 is 1. The maximum Gasteiger partial charge on any atom is 0.337 e. The number of hydrogen-bond donors (Lipinski definition) is 2. The maximum atomic E-state index is 12.3. The van der Waals surface area contributed by atoms with Gasteiger partial charge in [0.15, 0.2) is 0 Å². The Hall–Kier alpha value is -3.65. The predicted octanol–water partition coefficient (Wildman–Crippen LogP) is 2.89. The van der Waals surface area contributed by atoms with Gasteiger partial charge in [-0.3, -0.25) is 14.3 Å². The van der Waals surface area contributed by atoms with Crippen LogP contribution in [-0.4, -0.2) is 34.7 Å². The molecule has 0 saturated carbocycles. The zero-order valence-electron chi connectivity index (χ0n) is 16.1. The van der Waals surface area contributed by atoms with Crippen molar-refractivity contribution in [2.75, 3.05) is 12.4 Å². The first-order valence-corrected chi connectivity index (χ1v) is 9.36. The fraction of sp³-hybridized carbons (Fsp3) is 0.143. The highest BCUT2D eigenvalue weighted by Gasteiger charge is 2.12. The van der Waals surface area contributed by atoms with E-state index in [1.54, 1.807) is 54.9 Å². The summed E-state index contributed by atoms with van der Waals surface area (Å²) < 4.78 is 6.26. The van der Waals surface area contributed by atoms with E-state index in [0.29, 0.717) is 21.8 Å². The molecule has 0 atom stereocenters. The van der Waals surface area contributed by atoms with E-state index >= 15 is 0 Å². The molecule has 0 spiro atoms. The smallest absolute Gasteiger partial charge is 0.337 e. The van der Waals surface area contributed by atoms with Gasteiger partial charge in [-0.05, 0) is 54.1 Å². The summed E-state index contributed by atoms with van der Waals surface area (Å²) in [5.41, 5.74) is 1.74. The van der Waals surface area contributed by atoms with Crippen molar-refractivity contribution in [1.82, 2.24) is 15.1 Å². The Morgan fingerprint density at radius 3 is 2.53 bits per heavy atom. The molecule has 0 aliphatic heterocycles. The molecule has 2 N–H and O–H groups in total. The highest BCUT2D eigenvalue weighted by atomic mass is 35.5. The standard InChI is InChI=1S/C21H19ClN4O4/c1-30-21(29)16-9-14(12-23-20(28)15-3-5-17(22)6-4-15)10-18(11-16)25-19(27)13-26-8-2-7-24-26/h2-11H,12-13H2,1H3,(H,23,28)(H,25,27). The molecule has 1 aromatic heterocycles. The van der Waals surface area contributed by atoms with Crippen molar-refractivity contribution in [3.8, 4) is 0 Å². The second-order valence-electron chi connectivity index (χ2n) is 6.35. The van der Waals surface area contributed by atoms with E-state index < -0.39 is 5.97 Å². The van der Waals surface area contributed by atoms with Crippen LogP contribution >= 0.6 is 11.6 Å². The van der Waals surface area contributed by atoms with Crippen molar-refractivity contribution >= 4 is 35.1 Å². The van der Waals surface area contributed by atoms with Crippen LogP contribution in [-0.2, 0) is 22.6 Å². The van der Waals surface area contributed by atoms with Crippen molar-refractivity contribution in [3.05, 3.63) is 82.6 Å². The molecule has 3 rings (SSSR count). The minimum Gasteiger partial charge on any atom is -0.465 e. The number of anilines is 1. The monoisotopic (exact) mass is 426 g/mol. The highest BCUT2D eigenvalue weighted by molar-refractivity contribution is 6.30. The van der Waals surface area contributed by atoms with Gasteiger partial charge in [0.25, 0.3) is 5.91 Å². The number of carbonyl (C=O) groups excluding carboxylic acids is 3. The number of halogens is 1. The van der Waals surface area contributed by atoms with E-state index in [0.717, 1.165) is 0 Å². The molecule has 2 aromatic carbocycles. The number of nitrogens with one attached hydrogen (secondary N) is 2. The summed E-state index contributed by atoms with van der Waals surface area (Å²) in [5, 5.41) is 10.0. The number of ether oxygens (including phenoxy) is 1. The van der Waals surface area contributed by atoms with Crippen LogP contribution in [0.3, 0.4) is 0 Å². The molecule has 0 saturated heterocycles. The summed E-state index contributed by atoms with van der Waals surface area (Å²) in [4.78, 5) is 36.6. The van der Waals surface area contributed by atoms with Crippen LogP contribution in [0.5, 0.6) is 0 Å². The van der Waals surface area contributed by atoms with Gasteiger partial charge < -0.3 is 15.4 Å². The molecule has 154 valence electrons. The third kappa shape index (κ3) is 5.68. The summed E-state index contributed by atoms with van der Waals surface area (Å²) in [7, 11) is 1.27. The largest absolute Gasteiger partial charge is 0.465 e. The van der Waals surface area contributed by atoms with Gasteiger partial charge in [0.2, 0.25) is 5.91 Å². The van der Waals surface area contributed by atoms with Gasteiger partial charge in [-0.2, -0.15) is 5.10 Å². The van der Waals surface area contributed by atoms with Gasteiger partial charge in [-0.25, -0.2) is 4.79 Å². The Morgan fingerprint density at radius 2 is 1.87 bits per heavy atom. The summed E-state index contributed by atoms with van der Waals surface area (Å²) in [5.74, 6) is -1.15. The predicted molar refractivity (Wildman–Crippen MR) is 111 cm³/mol. The van der Waals surface area contributed by atoms with E-state index in [-0.39, 0.29) is 30.5 Å². The summed E-state index contributed by atoms with van der Waals surface area (Å²) >= 11 is 5.84. The van der Waals surface area contributed by atoms with E-state index in [2.05, 4.69) is 15.7 Å². The first kappa shape index (κ1) is 21.1. The van der Waals surface area contributed by atoms with Crippen LogP contribution in [0.4, 0.5) is 5.69 Å². The minimum absolute atomic E-state index is 0.0259. The average molecular weight is 427 g/mol. The molecule has 2 amide bonds. The molecule has 0 aliphatic carbocycles. The number of rotatable bonds is 7. The van der Waals surface area contributed by atoms with Gasteiger partial charge in [0.1, 0.15) is 6.54 Å². The Kier molecular flexibility index (Phi) is 6.82. The fourth-order valence-electron chi connectivity index (χ4n) is 2.73. The quantitative estimate of drug-likeness (QED) is 0.565. The second kappa shape index (κ2) is 9.71. The van der Waals surface area contributed by atoms with E-state index in [4.69, 9.17) is 16.3 Å². The molecule has 9 heteroatoms. The molecule has 3 aromatic rings. The Balaban J connectivity index is 1.73. The molecule has 0 radical (unpaired) electrons. The normalized spacial score (nSPS) is 10.3. The van der Waals surface area contributed by atoms with Crippen molar-refractivity contribution in [2.24, 2.45) is 0 Å². The number of nitrogens with zero attached hydrogens (tertiary/aromatic N) is 2. The Labute approximate surface area is 177 Å². The summed E-state index contributed by atoms with van der Waals surface area (Å²) in [6.45, 7) is 0.173. The Bertz CT molecular complexity index is 1050. The number of hydrogen-bond acceptors (Lipinski definition) is 5. The molecule has 0 bridgehead atoms. The SMILES string of the molecule is COC(=O)c1cc(CNC(=O)c2ccc(Cl)cc2)cc(NC(=O)Cn2cccn2)c1. The topological polar surface area (TPSA) is 102 Å². The zero-order chi connectivity index (χ0) is 21.5. The van der Waals surface area contributed by atoms with Gasteiger partial charge in [-0.1, -0.05) is 11.6 Å². The summed E-state index contributed by atoms with van der Waals surface area (Å²) in [6, 6.07) is 13.0. The van der Waals surface area contributed by atoms with Crippen LogP contribution in [0, 0.1) is 0 Å². The van der Waals surface area contributed by atoms with Crippen LogP contribution < -0.4 is 10.6 Å². The average Bonchev–Trinajstić information content (AvgIpc) is 3.24. The lowest BCUT2D eigenvalue weighted by atomic mass is 10.1. The number of carbonyl (C=O) groups is 3. The van der Waals surface area contributed by atoms with Crippen LogP contribution in [0.1, 0.15) is 26.3 Å². The lowest BCUT2D eigenvalue weighted by Crippen LogP contribution is -2.23. The van der Waals surface area contributed by atoms with Gasteiger partial charge in [0.05, 0.1) is 12.7 Å². The molecule has 0 fully saturated rings. The van der Waals surface area contributed by atoms with E-state index in [9.17, 15) is 14.4 Å². The number of esters is 1.